The Morgan fingerprint density at radius 3 is 2.90 bits per heavy atom. The second-order valence-corrected chi connectivity index (χ2v) is 5.95. The summed E-state index contributed by atoms with van der Waals surface area (Å²) in [4.78, 5) is 25.5. The van der Waals surface area contributed by atoms with Crippen LogP contribution in [0.15, 0.2) is 10.6 Å². The second kappa shape index (κ2) is 5.48. The Labute approximate surface area is 122 Å². The minimum atomic E-state index is -0.246. The molecule has 7 heteroatoms. The van der Waals surface area contributed by atoms with E-state index < -0.39 is 0 Å². The number of carbonyl (C=O) groups excluding carboxylic acids is 2. The predicted octanol–water partition coefficient (Wildman–Crippen LogP) is 0.0874. The molecule has 1 aliphatic heterocycles. The van der Waals surface area contributed by atoms with Gasteiger partial charge in [0.2, 0.25) is 5.91 Å². The third-order valence-electron chi connectivity index (χ3n) is 4.20. The van der Waals surface area contributed by atoms with Gasteiger partial charge >= 0.3 is 0 Å². The lowest BCUT2D eigenvalue weighted by Gasteiger charge is -2.16. The van der Waals surface area contributed by atoms with Crippen LogP contribution in [0, 0.1) is 5.92 Å². The van der Waals surface area contributed by atoms with Crippen molar-refractivity contribution in [2.75, 3.05) is 19.6 Å². The molecule has 1 aromatic heterocycles. The second-order valence-electron chi connectivity index (χ2n) is 5.95. The summed E-state index contributed by atoms with van der Waals surface area (Å²) in [5.74, 6) is 1.08. The van der Waals surface area contributed by atoms with Crippen molar-refractivity contribution in [2.45, 2.75) is 31.7 Å². The number of rotatable bonds is 4. The standard InChI is InChI=1S/C14H20N4O3/c1-8-6-18(13(19)5-15)7-11(8)16-14(20)10-4-12(21-17-10)9-2-3-9/h4,8-9,11H,2-3,5-7,15H2,1H3,(H,16,20)/t8-,11-/m1/s1. The average molecular weight is 292 g/mol. The van der Waals surface area contributed by atoms with E-state index in [1.165, 1.54) is 0 Å². The van der Waals surface area contributed by atoms with Crippen molar-refractivity contribution in [2.24, 2.45) is 11.7 Å². The number of amides is 2. The summed E-state index contributed by atoms with van der Waals surface area (Å²) in [7, 11) is 0. The van der Waals surface area contributed by atoms with Crippen molar-refractivity contribution in [3.63, 3.8) is 0 Å². The normalized spacial score (nSPS) is 25.1. The first-order valence-corrected chi connectivity index (χ1v) is 7.33. The van der Waals surface area contributed by atoms with Crippen LogP contribution in [0.25, 0.3) is 0 Å². The summed E-state index contributed by atoms with van der Waals surface area (Å²) >= 11 is 0. The van der Waals surface area contributed by atoms with Gasteiger partial charge in [0.1, 0.15) is 5.76 Å². The minimum Gasteiger partial charge on any atom is -0.360 e. The van der Waals surface area contributed by atoms with E-state index in [0.717, 1.165) is 18.6 Å². The van der Waals surface area contributed by atoms with Crippen LogP contribution in [-0.4, -0.2) is 47.5 Å². The van der Waals surface area contributed by atoms with Gasteiger partial charge in [0.05, 0.1) is 12.6 Å². The Hall–Kier alpha value is -1.89. The van der Waals surface area contributed by atoms with Crippen molar-refractivity contribution in [3.05, 3.63) is 17.5 Å². The summed E-state index contributed by atoms with van der Waals surface area (Å²) in [5, 5.41) is 6.76. The smallest absolute Gasteiger partial charge is 0.273 e. The lowest BCUT2D eigenvalue weighted by atomic mass is 10.1. The number of hydrogen-bond acceptors (Lipinski definition) is 5. The molecule has 1 saturated heterocycles. The third-order valence-corrected chi connectivity index (χ3v) is 4.20. The summed E-state index contributed by atoms with van der Waals surface area (Å²) in [6, 6.07) is 1.64. The molecule has 1 aliphatic carbocycles. The molecule has 1 saturated carbocycles. The van der Waals surface area contributed by atoms with Gasteiger partial charge < -0.3 is 20.5 Å². The fourth-order valence-electron chi connectivity index (χ4n) is 2.69. The quantitative estimate of drug-likeness (QED) is 0.819. The Bertz CT molecular complexity index is 552. The first-order valence-electron chi connectivity index (χ1n) is 7.33. The molecule has 21 heavy (non-hydrogen) atoms. The number of nitrogens with two attached hydrogens (primary N) is 1. The molecule has 0 bridgehead atoms. The maximum atomic E-state index is 12.2. The SMILES string of the molecule is C[C@@H]1CN(C(=O)CN)C[C@H]1NC(=O)c1cc(C2CC2)on1. The summed E-state index contributed by atoms with van der Waals surface area (Å²) in [6.07, 6.45) is 2.21. The van der Waals surface area contributed by atoms with Gasteiger partial charge in [-0.1, -0.05) is 12.1 Å². The lowest BCUT2D eigenvalue weighted by molar-refractivity contribution is -0.128. The Kier molecular flexibility index (Phi) is 3.67. The van der Waals surface area contributed by atoms with Crippen LogP contribution in [0.3, 0.4) is 0 Å². The highest BCUT2D eigenvalue weighted by Crippen LogP contribution is 2.40. The van der Waals surface area contributed by atoms with Gasteiger partial charge in [-0.2, -0.15) is 0 Å². The molecule has 2 heterocycles. The first-order chi connectivity index (χ1) is 10.1. The lowest BCUT2D eigenvalue weighted by Crippen LogP contribution is -2.41. The maximum Gasteiger partial charge on any atom is 0.273 e. The number of nitrogens with one attached hydrogen (secondary N) is 1. The Balaban J connectivity index is 1.60. The summed E-state index contributed by atoms with van der Waals surface area (Å²) in [5.41, 5.74) is 5.68. The van der Waals surface area contributed by atoms with Crippen LogP contribution >= 0.6 is 0 Å². The van der Waals surface area contributed by atoms with E-state index >= 15 is 0 Å². The summed E-state index contributed by atoms with van der Waals surface area (Å²) < 4.78 is 5.19. The van der Waals surface area contributed by atoms with Crippen molar-refractivity contribution < 1.29 is 14.1 Å². The van der Waals surface area contributed by atoms with E-state index in [-0.39, 0.29) is 30.3 Å². The molecule has 0 spiro atoms. The molecular weight excluding hydrogens is 272 g/mol. The molecule has 2 fully saturated rings. The third kappa shape index (κ3) is 2.92. The molecule has 1 aromatic rings. The zero-order valence-electron chi connectivity index (χ0n) is 12.0. The maximum absolute atomic E-state index is 12.2. The molecule has 2 aliphatic rings. The average Bonchev–Trinajstić information content (AvgIpc) is 3.09. The Morgan fingerprint density at radius 2 is 2.24 bits per heavy atom. The number of likely N-dealkylation sites (tertiary alicyclic amines) is 1. The van der Waals surface area contributed by atoms with E-state index in [1.54, 1.807) is 11.0 Å². The van der Waals surface area contributed by atoms with Crippen LogP contribution in [0.5, 0.6) is 0 Å². The van der Waals surface area contributed by atoms with Crippen LogP contribution in [0.2, 0.25) is 0 Å². The van der Waals surface area contributed by atoms with Crippen LogP contribution in [0.4, 0.5) is 0 Å². The molecule has 0 aromatic carbocycles. The van der Waals surface area contributed by atoms with Gasteiger partial charge in [0.25, 0.3) is 5.91 Å². The van der Waals surface area contributed by atoms with Crippen molar-refractivity contribution in [3.8, 4) is 0 Å². The highest BCUT2D eigenvalue weighted by molar-refractivity contribution is 5.92. The minimum absolute atomic E-state index is 0.00141. The van der Waals surface area contributed by atoms with E-state index in [4.69, 9.17) is 10.3 Å². The van der Waals surface area contributed by atoms with Crippen molar-refractivity contribution >= 4 is 11.8 Å². The highest BCUT2D eigenvalue weighted by Gasteiger charge is 2.34. The van der Waals surface area contributed by atoms with Gasteiger partial charge in [0, 0.05) is 25.1 Å². The van der Waals surface area contributed by atoms with Gasteiger partial charge in [-0.15, -0.1) is 0 Å². The number of nitrogens with zero attached hydrogens (tertiary/aromatic N) is 2. The topological polar surface area (TPSA) is 101 Å². The highest BCUT2D eigenvalue weighted by atomic mass is 16.5. The Morgan fingerprint density at radius 1 is 1.48 bits per heavy atom. The molecule has 3 rings (SSSR count). The molecule has 114 valence electrons. The molecule has 2 atom stereocenters. The van der Waals surface area contributed by atoms with E-state index in [1.807, 2.05) is 6.92 Å². The zero-order chi connectivity index (χ0) is 15.0. The van der Waals surface area contributed by atoms with Crippen LogP contribution in [0.1, 0.15) is 41.9 Å². The molecular formula is C14H20N4O3. The van der Waals surface area contributed by atoms with E-state index in [9.17, 15) is 9.59 Å². The largest absolute Gasteiger partial charge is 0.360 e. The number of aromatic nitrogens is 1. The van der Waals surface area contributed by atoms with E-state index in [0.29, 0.717) is 24.7 Å². The monoisotopic (exact) mass is 292 g/mol. The first kappa shape index (κ1) is 14.1. The molecule has 7 nitrogen and oxygen atoms in total. The number of carbonyl (C=O) groups is 2. The fourth-order valence-corrected chi connectivity index (χ4v) is 2.69. The van der Waals surface area contributed by atoms with Crippen LogP contribution < -0.4 is 11.1 Å². The van der Waals surface area contributed by atoms with Crippen LogP contribution in [-0.2, 0) is 4.79 Å². The molecule has 0 unspecified atom stereocenters. The van der Waals surface area contributed by atoms with Gasteiger partial charge in [-0.25, -0.2) is 0 Å². The molecule has 2 amide bonds. The molecule has 0 radical (unpaired) electrons. The van der Waals surface area contributed by atoms with Gasteiger partial charge in [0.15, 0.2) is 5.69 Å². The summed E-state index contributed by atoms with van der Waals surface area (Å²) in [6.45, 7) is 3.12. The van der Waals surface area contributed by atoms with Crippen molar-refractivity contribution in [1.29, 1.82) is 0 Å². The van der Waals surface area contributed by atoms with Gasteiger partial charge in [-0.3, -0.25) is 9.59 Å². The zero-order valence-corrected chi connectivity index (χ0v) is 12.0. The van der Waals surface area contributed by atoms with Gasteiger partial charge in [-0.05, 0) is 18.8 Å². The van der Waals surface area contributed by atoms with Crippen molar-refractivity contribution in [1.82, 2.24) is 15.4 Å². The van der Waals surface area contributed by atoms with E-state index in [2.05, 4.69) is 10.5 Å². The fraction of sp³-hybridized carbons (Fsp3) is 0.643. The molecule has 3 N–H and O–H groups in total. The predicted molar refractivity (Wildman–Crippen MR) is 74.5 cm³/mol. The number of hydrogen-bond donors (Lipinski definition) is 2.